The Morgan fingerprint density at radius 3 is 1.22 bits per heavy atom. The van der Waals surface area contributed by atoms with Crippen LogP contribution in [0.2, 0.25) is 0 Å². The van der Waals surface area contributed by atoms with Gasteiger partial charge in [-0.15, -0.1) is 22.7 Å². The molecule has 3 heteroatoms. The van der Waals surface area contributed by atoms with Crippen molar-refractivity contribution in [3.05, 3.63) is 261 Å². The normalized spacial score (nSPS) is 11.5. The monoisotopic (exact) mass is 913 g/mol. The van der Waals surface area contributed by atoms with Crippen LogP contribution in [0.5, 0.6) is 0 Å². The van der Waals surface area contributed by atoms with Crippen molar-refractivity contribution in [2.24, 2.45) is 0 Å². The molecule has 13 rings (SSSR count). The molecule has 2 aromatic heterocycles. The van der Waals surface area contributed by atoms with E-state index in [1.165, 1.54) is 107 Å². The second-order valence-electron chi connectivity index (χ2n) is 17.6. The van der Waals surface area contributed by atoms with E-state index in [2.05, 4.69) is 266 Å². The van der Waals surface area contributed by atoms with E-state index in [1.807, 2.05) is 22.7 Å². The molecule has 0 aliphatic carbocycles. The highest BCUT2D eigenvalue weighted by Crippen LogP contribution is 2.50. The first kappa shape index (κ1) is 40.9. The van der Waals surface area contributed by atoms with Gasteiger partial charge in [-0.3, -0.25) is 0 Å². The average Bonchev–Trinajstić information content (AvgIpc) is 4.00. The number of benzene rings is 11. The molecule has 11 aromatic carbocycles. The minimum Gasteiger partial charge on any atom is -0.310 e. The van der Waals surface area contributed by atoms with Crippen LogP contribution in [-0.2, 0) is 0 Å². The van der Waals surface area contributed by atoms with Gasteiger partial charge in [0.15, 0.2) is 0 Å². The molecule has 0 spiro atoms. The van der Waals surface area contributed by atoms with E-state index in [0.717, 1.165) is 17.1 Å². The zero-order chi connectivity index (χ0) is 45.7. The lowest BCUT2D eigenvalue weighted by molar-refractivity contribution is 1.31. The zero-order valence-corrected chi connectivity index (χ0v) is 39.2. The molecule has 13 aromatic rings. The highest BCUT2D eigenvalue weighted by molar-refractivity contribution is 7.26. The van der Waals surface area contributed by atoms with Crippen molar-refractivity contribution in [3.63, 3.8) is 0 Å². The van der Waals surface area contributed by atoms with Crippen molar-refractivity contribution in [2.45, 2.75) is 0 Å². The van der Waals surface area contributed by atoms with Crippen LogP contribution in [0.15, 0.2) is 261 Å². The Balaban J connectivity index is 1.00. The third-order valence-electron chi connectivity index (χ3n) is 13.5. The van der Waals surface area contributed by atoms with Crippen LogP contribution >= 0.6 is 22.7 Å². The van der Waals surface area contributed by atoms with Gasteiger partial charge >= 0.3 is 0 Å². The van der Waals surface area contributed by atoms with Crippen LogP contribution in [0, 0.1) is 0 Å². The zero-order valence-electron chi connectivity index (χ0n) is 37.6. The lowest BCUT2D eigenvalue weighted by atomic mass is 9.89. The fraction of sp³-hybridized carbons (Fsp3) is 0. The number of hydrogen-bond acceptors (Lipinski definition) is 3. The maximum absolute atomic E-state index is 2.49. The predicted octanol–water partition coefficient (Wildman–Crippen LogP) is 19.9. The maximum Gasteiger partial charge on any atom is 0.0555 e. The molecule has 0 N–H and O–H groups in total. The molecule has 0 saturated carbocycles. The van der Waals surface area contributed by atoms with Gasteiger partial charge in [0.2, 0.25) is 0 Å². The Kier molecular flexibility index (Phi) is 10.3. The second-order valence-corrected chi connectivity index (χ2v) is 19.7. The van der Waals surface area contributed by atoms with E-state index in [1.54, 1.807) is 0 Å². The fourth-order valence-electron chi connectivity index (χ4n) is 10.2. The summed E-state index contributed by atoms with van der Waals surface area (Å²) >= 11 is 3.77. The molecule has 0 aliphatic rings. The first-order chi connectivity index (χ1) is 34.2. The first-order valence-electron chi connectivity index (χ1n) is 23.5. The van der Waals surface area contributed by atoms with Gasteiger partial charge in [0.05, 0.1) is 5.69 Å². The van der Waals surface area contributed by atoms with Crippen molar-refractivity contribution in [1.82, 2.24) is 0 Å². The van der Waals surface area contributed by atoms with Gasteiger partial charge in [0.1, 0.15) is 0 Å². The van der Waals surface area contributed by atoms with Crippen LogP contribution in [-0.4, -0.2) is 0 Å². The minimum absolute atomic E-state index is 1.10. The van der Waals surface area contributed by atoms with Gasteiger partial charge in [0, 0.05) is 51.7 Å². The summed E-state index contributed by atoms with van der Waals surface area (Å²) in [5, 5.41) is 5.08. The molecule has 0 fully saturated rings. The smallest absolute Gasteiger partial charge is 0.0555 e. The van der Waals surface area contributed by atoms with Crippen molar-refractivity contribution < 1.29 is 0 Å². The quantitative estimate of drug-likeness (QED) is 0.139. The van der Waals surface area contributed by atoms with Gasteiger partial charge in [-0.1, -0.05) is 218 Å². The molecule has 0 atom stereocenters. The molecular formula is C66H43NS2. The molecule has 0 amide bonds. The molecule has 324 valence electrons. The molecule has 2 heterocycles. The topological polar surface area (TPSA) is 3.24 Å². The minimum atomic E-state index is 1.10. The molecule has 0 aliphatic heterocycles. The number of nitrogens with zero attached hydrogens (tertiary/aromatic N) is 1. The maximum atomic E-state index is 2.49. The molecular weight excluding hydrogens is 871 g/mol. The summed E-state index contributed by atoms with van der Waals surface area (Å²) in [4.78, 5) is 2.49. The Morgan fingerprint density at radius 2 is 0.652 bits per heavy atom. The summed E-state index contributed by atoms with van der Waals surface area (Å²) in [7, 11) is 0. The number of anilines is 3. The molecule has 69 heavy (non-hydrogen) atoms. The lowest BCUT2D eigenvalue weighted by Gasteiger charge is -2.27. The van der Waals surface area contributed by atoms with Crippen LogP contribution in [0.3, 0.4) is 0 Å². The number of hydrogen-bond donors (Lipinski definition) is 0. The summed E-state index contributed by atoms with van der Waals surface area (Å²) in [6, 6.07) is 95.6. The first-order valence-corrected chi connectivity index (χ1v) is 25.1. The van der Waals surface area contributed by atoms with Crippen LogP contribution in [0.25, 0.3) is 107 Å². The van der Waals surface area contributed by atoms with Crippen LogP contribution in [0.1, 0.15) is 0 Å². The van der Waals surface area contributed by atoms with E-state index >= 15 is 0 Å². The van der Waals surface area contributed by atoms with Crippen molar-refractivity contribution in [2.75, 3.05) is 4.90 Å². The van der Waals surface area contributed by atoms with Crippen molar-refractivity contribution in [3.8, 4) is 66.8 Å². The third kappa shape index (κ3) is 7.41. The van der Waals surface area contributed by atoms with E-state index in [4.69, 9.17) is 0 Å². The Labute approximate surface area is 410 Å². The predicted molar refractivity (Wildman–Crippen MR) is 300 cm³/mol. The van der Waals surface area contributed by atoms with E-state index in [0.29, 0.717) is 0 Å². The van der Waals surface area contributed by atoms with Gasteiger partial charge in [0.25, 0.3) is 0 Å². The summed E-state index contributed by atoms with van der Waals surface area (Å²) in [6.07, 6.45) is 0. The third-order valence-corrected chi connectivity index (χ3v) is 15.8. The lowest BCUT2D eigenvalue weighted by Crippen LogP contribution is -2.10. The highest BCUT2D eigenvalue weighted by Gasteiger charge is 2.23. The number of rotatable bonds is 9. The molecule has 0 unspecified atom stereocenters. The summed E-state index contributed by atoms with van der Waals surface area (Å²) < 4.78 is 5.11. The average molecular weight is 914 g/mol. The SMILES string of the molecule is c1ccc(-c2ccc3c(c2)sc2cc(N(c4ccc(-c5ccccc5-c5ccccc5-c5ccccc5)cc4)c4ccc(-c5ccccc5)c5sc6cc(-c7ccccc7)ccc6c45)ccc23)cc1. The summed E-state index contributed by atoms with van der Waals surface area (Å²) in [6.45, 7) is 0. The van der Waals surface area contributed by atoms with Crippen molar-refractivity contribution in [1.29, 1.82) is 0 Å². The number of fused-ring (bicyclic) bond motifs is 6. The van der Waals surface area contributed by atoms with E-state index in [-0.39, 0.29) is 0 Å². The van der Waals surface area contributed by atoms with Crippen molar-refractivity contribution >= 4 is 80.1 Å². The standard InChI is InChI=1S/C66H43NS2/c1-5-17-44(18-6-1)49-31-36-58-59-38-35-52(43-64(59)68-62(58)41-49)67(51-33-29-48(30-34-51)54-26-14-16-28-57(54)56-27-15-13-25-53(56)46-21-9-3-10-22-46)61-40-39-55(47-23-11-4-12-24-47)66-65(61)60-37-32-50(42-63(60)69-66)45-19-7-2-8-20-45/h1-43H. The fourth-order valence-corrected chi connectivity index (χ4v) is 12.7. The van der Waals surface area contributed by atoms with Gasteiger partial charge < -0.3 is 4.90 Å². The van der Waals surface area contributed by atoms with Crippen LogP contribution in [0.4, 0.5) is 17.1 Å². The van der Waals surface area contributed by atoms with E-state index < -0.39 is 0 Å². The molecule has 0 radical (unpaired) electrons. The molecule has 0 saturated heterocycles. The second kappa shape index (κ2) is 17.4. The summed E-state index contributed by atoms with van der Waals surface area (Å²) in [5.74, 6) is 0. The highest BCUT2D eigenvalue weighted by atomic mass is 32.1. The largest absolute Gasteiger partial charge is 0.310 e. The Morgan fingerprint density at radius 1 is 0.246 bits per heavy atom. The number of thiophene rings is 2. The Bertz CT molecular complexity index is 3980. The van der Waals surface area contributed by atoms with E-state index in [9.17, 15) is 0 Å². The van der Waals surface area contributed by atoms with Crippen LogP contribution < -0.4 is 4.90 Å². The van der Waals surface area contributed by atoms with Gasteiger partial charge in [-0.2, -0.15) is 0 Å². The summed E-state index contributed by atoms with van der Waals surface area (Å²) in [5.41, 5.74) is 18.0. The van der Waals surface area contributed by atoms with Gasteiger partial charge in [-0.25, -0.2) is 0 Å². The Hall–Kier alpha value is -8.34. The molecule has 0 bridgehead atoms. The van der Waals surface area contributed by atoms with Gasteiger partial charge in [-0.05, 0) is 109 Å². The molecule has 1 nitrogen and oxygen atoms in total.